The highest BCUT2D eigenvalue weighted by molar-refractivity contribution is 5.09. The Morgan fingerprint density at radius 3 is 3.09 bits per heavy atom. The van der Waals surface area contributed by atoms with Crippen molar-refractivity contribution in [3.8, 4) is 5.88 Å². The zero-order chi connectivity index (χ0) is 7.94. The molecule has 0 aliphatic rings. The molecule has 0 radical (unpaired) electrons. The Labute approximate surface area is 66.4 Å². The predicted octanol–water partition coefficient (Wildman–Crippen LogP) is 1.46. The maximum atomic E-state index is 5.24. The number of aromatic nitrogens is 1. The van der Waals surface area contributed by atoms with Crippen molar-refractivity contribution in [2.24, 2.45) is 0 Å². The normalized spacial score (nSPS) is 9.55. The van der Waals surface area contributed by atoms with Gasteiger partial charge in [-0.1, -0.05) is 6.07 Å². The van der Waals surface area contributed by atoms with E-state index in [1.54, 1.807) is 13.2 Å². The summed E-state index contributed by atoms with van der Waals surface area (Å²) in [6, 6.07) is 5.58. The van der Waals surface area contributed by atoms with Gasteiger partial charge in [-0.2, -0.15) is 7.05 Å². The first-order valence-corrected chi connectivity index (χ1v) is 3.53. The van der Waals surface area contributed by atoms with Gasteiger partial charge in [0.25, 0.3) is 0 Å². The maximum absolute atomic E-state index is 5.24. The van der Waals surface area contributed by atoms with Gasteiger partial charge in [0.15, 0.2) is 0 Å². The lowest BCUT2D eigenvalue weighted by Gasteiger charge is -2.10. The summed E-state index contributed by atoms with van der Waals surface area (Å²) in [6.45, 7) is 1.32. The summed E-state index contributed by atoms with van der Waals surface area (Å²) in [5.41, 5.74) is 0. The molecule has 0 saturated carbocycles. The van der Waals surface area contributed by atoms with E-state index in [4.69, 9.17) is 4.74 Å². The molecule has 0 fully saturated rings. The van der Waals surface area contributed by atoms with E-state index in [9.17, 15) is 0 Å². The molecule has 1 heterocycles. The van der Waals surface area contributed by atoms with Crippen LogP contribution in [0.15, 0.2) is 24.4 Å². The molecule has 1 aromatic heterocycles. The molecule has 3 nitrogen and oxygen atoms in total. The van der Waals surface area contributed by atoms with Crippen molar-refractivity contribution >= 4 is 0 Å². The van der Waals surface area contributed by atoms with E-state index in [2.05, 4.69) is 10.3 Å². The summed E-state index contributed by atoms with van der Waals surface area (Å²) in [7, 11) is 1.77. The molecule has 0 bridgehead atoms. The second-order valence-corrected chi connectivity index (χ2v) is 2.06. The van der Waals surface area contributed by atoms with E-state index in [1.165, 1.54) is 0 Å². The van der Waals surface area contributed by atoms with Crippen LogP contribution in [0.2, 0.25) is 0 Å². The van der Waals surface area contributed by atoms with Gasteiger partial charge in [0.1, 0.15) is 0 Å². The van der Waals surface area contributed by atoms with Gasteiger partial charge >= 0.3 is 0 Å². The second-order valence-electron chi connectivity index (χ2n) is 2.06. The van der Waals surface area contributed by atoms with Crippen molar-refractivity contribution in [1.29, 1.82) is 0 Å². The van der Waals surface area contributed by atoms with Crippen molar-refractivity contribution in [1.82, 2.24) is 4.98 Å². The molecular formula is C8H11N2O-. The standard InChI is InChI=1S/C8H11N2O/c1-9-6-7-11-8-4-2-3-5-10-8/h2-5H,6-7H2,1H3/q-1. The summed E-state index contributed by atoms with van der Waals surface area (Å²) in [4.78, 5) is 3.99. The van der Waals surface area contributed by atoms with Gasteiger partial charge in [-0.3, -0.25) is 0 Å². The smallest absolute Gasteiger partial charge is 0.213 e. The molecule has 0 N–H and O–H groups in total. The Kier molecular flexibility index (Phi) is 3.41. The van der Waals surface area contributed by atoms with E-state index in [-0.39, 0.29) is 0 Å². The molecule has 0 aliphatic carbocycles. The molecule has 1 rings (SSSR count). The Morgan fingerprint density at radius 1 is 1.55 bits per heavy atom. The Morgan fingerprint density at radius 2 is 2.45 bits per heavy atom. The minimum absolute atomic E-state index is 0.605. The minimum Gasteiger partial charge on any atom is -0.662 e. The summed E-state index contributed by atoms with van der Waals surface area (Å²) < 4.78 is 5.24. The lowest BCUT2D eigenvalue weighted by Crippen LogP contribution is -2.02. The van der Waals surface area contributed by atoms with Crippen molar-refractivity contribution in [2.45, 2.75) is 0 Å². The topological polar surface area (TPSA) is 36.2 Å². The van der Waals surface area contributed by atoms with Gasteiger partial charge in [0.2, 0.25) is 5.88 Å². The van der Waals surface area contributed by atoms with Crippen molar-refractivity contribution < 1.29 is 4.74 Å². The number of likely N-dealkylation sites (N-methyl/N-ethyl adjacent to an activating group) is 1. The molecule has 0 amide bonds. The average molecular weight is 151 g/mol. The lowest BCUT2D eigenvalue weighted by atomic mass is 10.5. The van der Waals surface area contributed by atoms with Crippen LogP contribution in [-0.4, -0.2) is 25.2 Å². The highest BCUT2D eigenvalue weighted by atomic mass is 16.5. The zero-order valence-corrected chi connectivity index (χ0v) is 6.53. The molecule has 0 aromatic carbocycles. The number of nitrogens with zero attached hydrogens (tertiary/aromatic N) is 2. The van der Waals surface area contributed by atoms with Crippen LogP contribution < -0.4 is 4.74 Å². The highest BCUT2D eigenvalue weighted by Gasteiger charge is 1.87. The van der Waals surface area contributed by atoms with Crippen LogP contribution in [0, 0.1) is 0 Å². The largest absolute Gasteiger partial charge is 0.662 e. The third-order valence-corrected chi connectivity index (χ3v) is 1.20. The first-order chi connectivity index (χ1) is 5.43. The summed E-state index contributed by atoms with van der Waals surface area (Å²) in [5.74, 6) is 0.663. The monoisotopic (exact) mass is 151 g/mol. The zero-order valence-electron chi connectivity index (χ0n) is 6.53. The summed E-state index contributed by atoms with van der Waals surface area (Å²) in [5, 5.41) is 3.90. The SMILES string of the molecule is C[N-]CCOc1ccccn1. The lowest BCUT2D eigenvalue weighted by molar-refractivity contribution is 0.322. The average Bonchev–Trinajstić information content (AvgIpc) is 2.07. The summed E-state index contributed by atoms with van der Waals surface area (Å²) in [6.07, 6.45) is 1.71. The number of pyridine rings is 1. The van der Waals surface area contributed by atoms with E-state index < -0.39 is 0 Å². The van der Waals surface area contributed by atoms with E-state index >= 15 is 0 Å². The first kappa shape index (κ1) is 8.01. The van der Waals surface area contributed by atoms with Gasteiger partial charge < -0.3 is 10.1 Å². The van der Waals surface area contributed by atoms with Crippen LogP contribution in [0.4, 0.5) is 0 Å². The fourth-order valence-corrected chi connectivity index (χ4v) is 0.674. The van der Waals surface area contributed by atoms with E-state index in [0.717, 1.165) is 6.54 Å². The summed E-state index contributed by atoms with van der Waals surface area (Å²) >= 11 is 0. The Bertz CT molecular complexity index is 189. The van der Waals surface area contributed by atoms with Gasteiger partial charge in [-0.15, -0.1) is 6.54 Å². The van der Waals surface area contributed by atoms with Crippen LogP contribution in [0.25, 0.3) is 5.32 Å². The third kappa shape index (κ3) is 3.00. The minimum atomic E-state index is 0.605. The molecule has 0 saturated heterocycles. The second kappa shape index (κ2) is 4.68. The number of hydrogen-bond donors (Lipinski definition) is 0. The molecule has 0 aliphatic heterocycles. The van der Waals surface area contributed by atoms with Crippen molar-refractivity contribution in [3.63, 3.8) is 0 Å². The Balaban J connectivity index is 2.28. The third-order valence-electron chi connectivity index (χ3n) is 1.20. The van der Waals surface area contributed by atoms with Crippen LogP contribution in [0.1, 0.15) is 0 Å². The molecule has 11 heavy (non-hydrogen) atoms. The van der Waals surface area contributed by atoms with Crippen molar-refractivity contribution in [2.75, 3.05) is 20.2 Å². The number of ether oxygens (including phenoxy) is 1. The molecule has 3 heteroatoms. The Hall–Kier alpha value is -1.09. The first-order valence-electron chi connectivity index (χ1n) is 3.53. The van der Waals surface area contributed by atoms with E-state index in [1.807, 2.05) is 18.2 Å². The van der Waals surface area contributed by atoms with Gasteiger partial charge in [-0.25, -0.2) is 4.98 Å². The molecule has 0 spiro atoms. The molecule has 1 aromatic rings. The van der Waals surface area contributed by atoms with Gasteiger partial charge in [0, 0.05) is 12.3 Å². The number of hydrogen-bond acceptors (Lipinski definition) is 2. The van der Waals surface area contributed by atoms with Crippen LogP contribution in [0.5, 0.6) is 5.88 Å². The quantitative estimate of drug-likeness (QED) is 0.611. The van der Waals surface area contributed by atoms with Crippen molar-refractivity contribution in [3.05, 3.63) is 29.7 Å². The van der Waals surface area contributed by atoms with Crippen LogP contribution in [0.3, 0.4) is 0 Å². The molecule has 0 unspecified atom stereocenters. The van der Waals surface area contributed by atoms with Gasteiger partial charge in [-0.05, 0) is 6.07 Å². The maximum Gasteiger partial charge on any atom is 0.213 e. The fraction of sp³-hybridized carbons (Fsp3) is 0.375. The van der Waals surface area contributed by atoms with Gasteiger partial charge in [0.05, 0.1) is 6.61 Å². The molecular weight excluding hydrogens is 140 g/mol. The number of rotatable bonds is 4. The van der Waals surface area contributed by atoms with Crippen LogP contribution >= 0.6 is 0 Å². The van der Waals surface area contributed by atoms with E-state index in [0.29, 0.717) is 12.5 Å². The highest BCUT2D eigenvalue weighted by Crippen LogP contribution is 2.02. The predicted molar refractivity (Wildman–Crippen MR) is 43.9 cm³/mol. The van der Waals surface area contributed by atoms with Crippen LogP contribution in [-0.2, 0) is 0 Å². The molecule has 60 valence electrons. The fourth-order valence-electron chi connectivity index (χ4n) is 0.674. The molecule has 0 atom stereocenters.